The van der Waals surface area contributed by atoms with Gasteiger partial charge >= 0.3 is 5.82 Å². The monoisotopic (exact) mass is 280 g/mol. The predicted molar refractivity (Wildman–Crippen MR) is 57.3 cm³/mol. The van der Waals surface area contributed by atoms with Gasteiger partial charge in [-0.25, -0.2) is 13.2 Å². The largest absolute Gasteiger partial charge is 0.381 e. The Morgan fingerprint density at radius 2 is 2.26 bits per heavy atom. The molecule has 1 aromatic heterocycles. The maximum Gasteiger partial charge on any atom is 0.381 e. The van der Waals surface area contributed by atoms with Gasteiger partial charge in [-0.3, -0.25) is 9.36 Å². The number of halogens is 3. The second-order valence-electron chi connectivity index (χ2n) is 3.88. The average molecular weight is 280 g/mol. The third-order valence-corrected chi connectivity index (χ3v) is 2.06. The van der Waals surface area contributed by atoms with E-state index < -0.39 is 42.3 Å². The number of carbonyl (C=O) groups excluding carboxylic acids is 1. The van der Waals surface area contributed by atoms with E-state index in [0.717, 1.165) is 10.8 Å². The lowest BCUT2D eigenvalue weighted by molar-refractivity contribution is -0.389. The number of nitrogens with zero attached hydrogens (tertiary/aromatic N) is 3. The highest BCUT2D eigenvalue weighted by atomic mass is 19.3. The van der Waals surface area contributed by atoms with Crippen LogP contribution in [0.5, 0.6) is 0 Å². The first-order valence-corrected chi connectivity index (χ1v) is 5.14. The zero-order chi connectivity index (χ0) is 14.6. The standard InChI is InChI=1S/C9H11F3N4O3/c1-9(11,12)5-13-8(17)4-15-3-7(16(18)19)14-6(15)2-10/h3H,2,4-5H2,1H3,(H,13,17). The Labute approximate surface area is 105 Å². The summed E-state index contributed by atoms with van der Waals surface area (Å²) < 4.78 is 38.4. The smallest absolute Gasteiger partial charge is 0.358 e. The number of hydrogen-bond acceptors (Lipinski definition) is 4. The molecule has 0 atom stereocenters. The highest BCUT2D eigenvalue weighted by Crippen LogP contribution is 2.12. The van der Waals surface area contributed by atoms with Crippen LogP contribution in [0.25, 0.3) is 0 Å². The van der Waals surface area contributed by atoms with Gasteiger partial charge in [-0.05, 0) is 9.91 Å². The minimum atomic E-state index is -3.07. The van der Waals surface area contributed by atoms with Gasteiger partial charge in [0.15, 0.2) is 6.67 Å². The molecule has 1 heterocycles. The summed E-state index contributed by atoms with van der Waals surface area (Å²) in [5.41, 5.74) is 0. The molecule has 0 saturated heterocycles. The lowest BCUT2D eigenvalue weighted by Crippen LogP contribution is -2.36. The molecular formula is C9H11F3N4O3. The molecule has 0 saturated carbocycles. The number of nitro groups is 1. The average Bonchev–Trinajstić information content (AvgIpc) is 2.69. The Balaban J connectivity index is 2.70. The second kappa shape index (κ2) is 5.67. The fourth-order valence-electron chi connectivity index (χ4n) is 1.24. The molecule has 19 heavy (non-hydrogen) atoms. The molecule has 10 heteroatoms. The van der Waals surface area contributed by atoms with Crippen LogP contribution in [-0.2, 0) is 18.0 Å². The Morgan fingerprint density at radius 3 is 2.74 bits per heavy atom. The number of carbonyl (C=O) groups is 1. The number of imidazole rings is 1. The van der Waals surface area contributed by atoms with Crippen molar-refractivity contribution in [2.75, 3.05) is 6.54 Å². The van der Waals surface area contributed by atoms with Gasteiger partial charge in [0, 0.05) is 6.92 Å². The van der Waals surface area contributed by atoms with Gasteiger partial charge in [-0.2, -0.15) is 0 Å². The minimum Gasteiger partial charge on any atom is -0.358 e. The summed E-state index contributed by atoms with van der Waals surface area (Å²) in [7, 11) is 0. The first-order chi connectivity index (χ1) is 8.73. The van der Waals surface area contributed by atoms with Gasteiger partial charge in [-0.15, -0.1) is 0 Å². The lowest BCUT2D eigenvalue weighted by atomic mass is 10.4. The number of nitrogens with one attached hydrogen (secondary N) is 1. The van der Waals surface area contributed by atoms with Crippen LogP contribution in [0.2, 0.25) is 0 Å². The van der Waals surface area contributed by atoms with E-state index in [1.54, 1.807) is 0 Å². The molecule has 0 spiro atoms. The fourth-order valence-corrected chi connectivity index (χ4v) is 1.24. The van der Waals surface area contributed by atoms with Crippen LogP contribution in [0.15, 0.2) is 6.20 Å². The minimum absolute atomic E-state index is 0.315. The van der Waals surface area contributed by atoms with Crippen molar-refractivity contribution in [3.63, 3.8) is 0 Å². The maximum atomic E-state index is 12.5. The highest BCUT2D eigenvalue weighted by Gasteiger charge is 2.23. The van der Waals surface area contributed by atoms with Crippen molar-refractivity contribution in [2.45, 2.75) is 26.1 Å². The first kappa shape index (κ1) is 14.9. The molecule has 0 fully saturated rings. The van der Waals surface area contributed by atoms with Crippen molar-refractivity contribution in [1.82, 2.24) is 14.9 Å². The third-order valence-electron chi connectivity index (χ3n) is 2.06. The zero-order valence-corrected chi connectivity index (χ0v) is 9.90. The third kappa shape index (κ3) is 4.56. The molecule has 7 nitrogen and oxygen atoms in total. The molecule has 106 valence electrons. The second-order valence-corrected chi connectivity index (χ2v) is 3.88. The van der Waals surface area contributed by atoms with Gasteiger partial charge in [0.05, 0.1) is 6.54 Å². The van der Waals surface area contributed by atoms with Crippen LogP contribution in [0.3, 0.4) is 0 Å². The molecular weight excluding hydrogens is 269 g/mol. The summed E-state index contributed by atoms with van der Waals surface area (Å²) in [4.78, 5) is 24.3. The van der Waals surface area contributed by atoms with Crippen molar-refractivity contribution in [2.24, 2.45) is 0 Å². The lowest BCUT2D eigenvalue weighted by Gasteiger charge is -2.11. The van der Waals surface area contributed by atoms with Gasteiger partial charge in [0.2, 0.25) is 5.91 Å². The number of alkyl halides is 3. The van der Waals surface area contributed by atoms with Gasteiger partial charge < -0.3 is 15.4 Å². The van der Waals surface area contributed by atoms with E-state index >= 15 is 0 Å². The number of rotatable bonds is 6. The molecule has 1 aromatic rings. The van der Waals surface area contributed by atoms with Crippen molar-refractivity contribution in [3.05, 3.63) is 22.1 Å². The van der Waals surface area contributed by atoms with E-state index in [9.17, 15) is 28.1 Å². The van der Waals surface area contributed by atoms with Gasteiger partial charge in [0.1, 0.15) is 12.7 Å². The van der Waals surface area contributed by atoms with E-state index in [1.807, 2.05) is 5.32 Å². The molecule has 1 rings (SSSR count). The zero-order valence-electron chi connectivity index (χ0n) is 9.90. The fraction of sp³-hybridized carbons (Fsp3) is 0.556. The maximum absolute atomic E-state index is 12.5. The SMILES string of the molecule is CC(F)(F)CNC(=O)Cn1cc([N+](=O)[O-])nc1CF. The van der Waals surface area contributed by atoms with Crippen LogP contribution in [0, 0.1) is 10.1 Å². The summed E-state index contributed by atoms with van der Waals surface area (Å²) in [5, 5.41) is 12.4. The Morgan fingerprint density at radius 1 is 1.63 bits per heavy atom. The van der Waals surface area contributed by atoms with E-state index in [2.05, 4.69) is 4.98 Å². The molecule has 0 unspecified atom stereocenters. The summed E-state index contributed by atoms with van der Waals surface area (Å²) >= 11 is 0. The van der Waals surface area contributed by atoms with Crippen LogP contribution >= 0.6 is 0 Å². The topological polar surface area (TPSA) is 90.1 Å². The summed E-state index contributed by atoms with van der Waals surface area (Å²) in [6.07, 6.45) is 0.874. The Bertz CT molecular complexity index is 484. The molecule has 1 N–H and O–H groups in total. The Hall–Kier alpha value is -2.13. The predicted octanol–water partition coefficient (Wildman–Crippen LogP) is 1.03. The van der Waals surface area contributed by atoms with Crippen molar-refractivity contribution in [3.8, 4) is 0 Å². The number of hydrogen-bond donors (Lipinski definition) is 1. The first-order valence-electron chi connectivity index (χ1n) is 5.14. The number of aromatic nitrogens is 2. The van der Waals surface area contributed by atoms with E-state index in [0.29, 0.717) is 6.92 Å². The van der Waals surface area contributed by atoms with Crippen LogP contribution < -0.4 is 5.32 Å². The van der Waals surface area contributed by atoms with Gasteiger partial charge in [-0.1, -0.05) is 0 Å². The van der Waals surface area contributed by atoms with E-state index in [-0.39, 0.29) is 5.82 Å². The quantitative estimate of drug-likeness (QED) is 0.622. The number of amides is 1. The summed E-state index contributed by atoms with van der Waals surface area (Å²) in [6.45, 7) is -1.86. The van der Waals surface area contributed by atoms with Crippen molar-refractivity contribution >= 4 is 11.7 Å². The van der Waals surface area contributed by atoms with E-state index in [4.69, 9.17) is 0 Å². The van der Waals surface area contributed by atoms with Gasteiger partial charge in [0.25, 0.3) is 11.7 Å². The van der Waals surface area contributed by atoms with Crippen molar-refractivity contribution < 1.29 is 22.9 Å². The molecule has 0 aliphatic rings. The summed E-state index contributed by atoms with van der Waals surface area (Å²) in [5.74, 6) is -4.81. The highest BCUT2D eigenvalue weighted by molar-refractivity contribution is 5.75. The van der Waals surface area contributed by atoms with Crippen LogP contribution in [0.4, 0.5) is 19.0 Å². The van der Waals surface area contributed by atoms with Crippen molar-refractivity contribution in [1.29, 1.82) is 0 Å². The molecule has 1 amide bonds. The molecule has 0 aromatic carbocycles. The molecule has 0 radical (unpaired) electrons. The molecule has 0 aliphatic heterocycles. The Kier molecular flexibility index (Phi) is 4.46. The van der Waals surface area contributed by atoms with Crippen LogP contribution in [-0.4, -0.2) is 32.8 Å². The molecule has 0 bridgehead atoms. The summed E-state index contributed by atoms with van der Waals surface area (Å²) in [6, 6.07) is 0. The molecule has 0 aliphatic carbocycles. The van der Waals surface area contributed by atoms with Crippen LogP contribution in [0.1, 0.15) is 12.7 Å². The normalized spacial score (nSPS) is 11.4. The van der Waals surface area contributed by atoms with E-state index in [1.165, 1.54) is 0 Å².